The Hall–Kier alpha value is -2.08. The van der Waals surface area contributed by atoms with Gasteiger partial charge < -0.3 is 14.7 Å². The van der Waals surface area contributed by atoms with Gasteiger partial charge in [-0.05, 0) is 12.1 Å². The van der Waals surface area contributed by atoms with Crippen molar-refractivity contribution in [2.75, 3.05) is 13.1 Å². The van der Waals surface area contributed by atoms with Crippen molar-refractivity contribution in [3.8, 4) is 5.88 Å². The molecule has 1 unspecified atom stereocenters. The predicted octanol–water partition coefficient (Wildman–Crippen LogP) is 2.41. The Morgan fingerprint density at radius 1 is 1.35 bits per heavy atom. The van der Waals surface area contributed by atoms with Crippen LogP contribution in [0, 0.1) is 0 Å². The lowest BCUT2D eigenvalue weighted by Gasteiger charge is -2.14. The molecule has 0 aliphatic carbocycles. The number of rotatable bonds is 2. The van der Waals surface area contributed by atoms with Gasteiger partial charge in [0.05, 0.1) is 17.6 Å². The van der Waals surface area contributed by atoms with Crippen molar-refractivity contribution >= 4 is 28.7 Å². The molecule has 3 rings (SSSR count). The third-order valence-electron chi connectivity index (χ3n) is 3.19. The molecule has 1 aromatic carbocycles. The quantitative estimate of drug-likeness (QED) is 0.920. The average Bonchev–Trinajstić information content (AvgIpc) is 2.88. The van der Waals surface area contributed by atoms with Crippen LogP contribution in [0.1, 0.15) is 6.42 Å². The molecule has 2 heterocycles. The van der Waals surface area contributed by atoms with E-state index < -0.39 is 6.09 Å². The monoisotopic (exact) mass is 293 g/mol. The van der Waals surface area contributed by atoms with Crippen molar-refractivity contribution in [2.24, 2.45) is 0 Å². The molecule has 1 aliphatic heterocycles. The number of amides is 1. The second kappa shape index (κ2) is 5.13. The number of carbonyl (C=O) groups is 1. The highest BCUT2D eigenvalue weighted by molar-refractivity contribution is 6.31. The maximum absolute atomic E-state index is 10.9. The van der Waals surface area contributed by atoms with E-state index in [1.54, 1.807) is 0 Å². The molecule has 7 heteroatoms. The topological polar surface area (TPSA) is 75.5 Å². The Morgan fingerprint density at radius 2 is 2.05 bits per heavy atom. The first-order chi connectivity index (χ1) is 9.63. The van der Waals surface area contributed by atoms with Crippen molar-refractivity contribution in [2.45, 2.75) is 12.5 Å². The minimum absolute atomic E-state index is 0.192. The van der Waals surface area contributed by atoms with Crippen LogP contribution in [0.3, 0.4) is 0 Å². The van der Waals surface area contributed by atoms with Crippen LogP contribution in [0.25, 0.3) is 11.0 Å². The van der Waals surface area contributed by atoms with E-state index in [9.17, 15) is 4.79 Å². The molecule has 1 atom stereocenters. The number of likely N-dealkylation sites (tertiary alicyclic amines) is 1. The van der Waals surface area contributed by atoms with Crippen molar-refractivity contribution in [3.05, 3.63) is 29.4 Å². The molecule has 1 N–H and O–H groups in total. The van der Waals surface area contributed by atoms with Crippen LogP contribution in [0.5, 0.6) is 5.88 Å². The van der Waals surface area contributed by atoms with Gasteiger partial charge in [-0.15, -0.1) is 0 Å². The summed E-state index contributed by atoms with van der Waals surface area (Å²) in [7, 11) is 0. The zero-order valence-corrected chi connectivity index (χ0v) is 11.2. The number of carboxylic acid groups (broad SMARTS) is 1. The molecule has 2 aromatic rings. The Bertz CT molecular complexity index is 664. The Kier molecular flexibility index (Phi) is 3.31. The summed E-state index contributed by atoms with van der Waals surface area (Å²) in [5.74, 6) is 0.252. The minimum Gasteiger partial charge on any atom is -0.470 e. The first kappa shape index (κ1) is 12.9. The lowest BCUT2D eigenvalue weighted by molar-refractivity contribution is 0.144. The van der Waals surface area contributed by atoms with Gasteiger partial charge in [-0.1, -0.05) is 23.7 Å². The Balaban J connectivity index is 1.81. The number of aromatic nitrogens is 2. The van der Waals surface area contributed by atoms with Crippen molar-refractivity contribution in [1.29, 1.82) is 0 Å². The highest BCUT2D eigenvalue weighted by Gasteiger charge is 2.28. The van der Waals surface area contributed by atoms with E-state index in [4.69, 9.17) is 21.4 Å². The summed E-state index contributed by atoms with van der Waals surface area (Å²) < 4.78 is 5.68. The van der Waals surface area contributed by atoms with Gasteiger partial charge in [0.15, 0.2) is 5.15 Å². The molecule has 6 nitrogen and oxygen atoms in total. The molecule has 0 radical (unpaired) electrons. The molecule has 0 saturated carbocycles. The summed E-state index contributed by atoms with van der Waals surface area (Å²) in [5, 5.41) is 9.10. The molecule has 20 heavy (non-hydrogen) atoms. The fourth-order valence-electron chi connectivity index (χ4n) is 2.19. The summed E-state index contributed by atoms with van der Waals surface area (Å²) in [4.78, 5) is 20.7. The van der Waals surface area contributed by atoms with Crippen LogP contribution in [-0.4, -0.2) is 45.3 Å². The number of hydrogen-bond donors (Lipinski definition) is 1. The van der Waals surface area contributed by atoms with Gasteiger partial charge in [0.25, 0.3) is 5.88 Å². The van der Waals surface area contributed by atoms with E-state index >= 15 is 0 Å². The molecule has 1 aromatic heterocycles. The standard InChI is InChI=1S/C13H12ClN3O3/c14-11-12(16-10-4-2-1-3-9(10)15-11)20-8-5-6-17(7-8)13(18)19/h1-4,8H,5-7H2,(H,18,19). The molecule has 0 spiro atoms. The van der Waals surface area contributed by atoms with E-state index in [2.05, 4.69) is 9.97 Å². The largest absolute Gasteiger partial charge is 0.470 e. The molecule has 0 bridgehead atoms. The van der Waals surface area contributed by atoms with Crippen LogP contribution >= 0.6 is 11.6 Å². The Labute approximate surface area is 120 Å². The number of para-hydroxylation sites is 2. The van der Waals surface area contributed by atoms with Crippen LogP contribution in [-0.2, 0) is 0 Å². The SMILES string of the molecule is O=C(O)N1CCC(Oc2nc3ccccc3nc2Cl)C1. The fraction of sp³-hybridized carbons (Fsp3) is 0.308. The zero-order chi connectivity index (χ0) is 14.1. The van der Waals surface area contributed by atoms with E-state index in [0.29, 0.717) is 30.5 Å². The van der Waals surface area contributed by atoms with E-state index in [0.717, 1.165) is 0 Å². The average molecular weight is 294 g/mol. The smallest absolute Gasteiger partial charge is 0.407 e. The molecule has 1 amide bonds. The number of nitrogens with zero attached hydrogens (tertiary/aromatic N) is 3. The minimum atomic E-state index is -0.938. The molecule has 1 aliphatic rings. The van der Waals surface area contributed by atoms with Crippen LogP contribution in [0.4, 0.5) is 4.79 Å². The maximum atomic E-state index is 10.9. The van der Waals surface area contributed by atoms with Crippen LogP contribution < -0.4 is 4.74 Å². The molecular weight excluding hydrogens is 282 g/mol. The molecular formula is C13H12ClN3O3. The summed E-state index contributed by atoms with van der Waals surface area (Å²) >= 11 is 6.05. The number of fused-ring (bicyclic) bond motifs is 1. The number of ether oxygens (including phenoxy) is 1. The summed E-state index contributed by atoms with van der Waals surface area (Å²) in [5.41, 5.74) is 1.39. The van der Waals surface area contributed by atoms with E-state index in [1.165, 1.54) is 4.90 Å². The first-order valence-electron chi connectivity index (χ1n) is 6.20. The van der Waals surface area contributed by atoms with Crippen molar-refractivity contribution in [3.63, 3.8) is 0 Å². The van der Waals surface area contributed by atoms with Gasteiger partial charge in [0.2, 0.25) is 0 Å². The number of halogens is 1. The van der Waals surface area contributed by atoms with E-state index in [1.807, 2.05) is 24.3 Å². The third-order valence-corrected chi connectivity index (χ3v) is 3.44. The van der Waals surface area contributed by atoms with E-state index in [-0.39, 0.29) is 17.1 Å². The first-order valence-corrected chi connectivity index (χ1v) is 6.58. The second-order valence-electron chi connectivity index (χ2n) is 4.57. The van der Waals surface area contributed by atoms with Crippen LogP contribution in [0.2, 0.25) is 5.15 Å². The normalized spacial score (nSPS) is 18.4. The summed E-state index contributed by atoms with van der Waals surface area (Å²) in [6.07, 6.45) is -0.553. The van der Waals surface area contributed by atoms with Gasteiger partial charge in [-0.2, -0.15) is 0 Å². The van der Waals surface area contributed by atoms with Gasteiger partial charge in [-0.25, -0.2) is 14.8 Å². The zero-order valence-electron chi connectivity index (χ0n) is 10.5. The lowest BCUT2D eigenvalue weighted by Crippen LogP contribution is -2.29. The molecule has 1 saturated heterocycles. The molecule has 104 valence electrons. The highest BCUT2D eigenvalue weighted by Crippen LogP contribution is 2.25. The van der Waals surface area contributed by atoms with Gasteiger partial charge >= 0.3 is 6.09 Å². The number of benzene rings is 1. The van der Waals surface area contributed by atoms with Gasteiger partial charge in [0.1, 0.15) is 6.10 Å². The predicted molar refractivity (Wildman–Crippen MR) is 73.2 cm³/mol. The second-order valence-corrected chi connectivity index (χ2v) is 4.92. The third kappa shape index (κ3) is 2.46. The van der Waals surface area contributed by atoms with Crippen LogP contribution in [0.15, 0.2) is 24.3 Å². The highest BCUT2D eigenvalue weighted by atomic mass is 35.5. The van der Waals surface area contributed by atoms with Crippen molar-refractivity contribution < 1.29 is 14.6 Å². The fourth-order valence-corrected chi connectivity index (χ4v) is 2.37. The Morgan fingerprint density at radius 3 is 2.70 bits per heavy atom. The summed E-state index contributed by atoms with van der Waals surface area (Å²) in [6, 6.07) is 7.36. The lowest BCUT2D eigenvalue weighted by atomic mass is 10.3. The number of hydrogen-bond acceptors (Lipinski definition) is 4. The van der Waals surface area contributed by atoms with Gasteiger partial charge in [0, 0.05) is 13.0 Å². The summed E-state index contributed by atoms with van der Waals surface area (Å²) in [6.45, 7) is 0.777. The van der Waals surface area contributed by atoms with Crippen molar-refractivity contribution in [1.82, 2.24) is 14.9 Å². The van der Waals surface area contributed by atoms with Gasteiger partial charge in [-0.3, -0.25) is 0 Å². The maximum Gasteiger partial charge on any atom is 0.407 e. The molecule has 1 fully saturated rings.